The van der Waals surface area contributed by atoms with Crippen LogP contribution in [0.4, 0.5) is 17.3 Å². The van der Waals surface area contributed by atoms with Crippen LogP contribution in [0.5, 0.6) is 0 Å². The number of benzene rings is 1. The Morgan fingerprint density at radius 2 is 1.59 bits per heavy atom. The Morgan fingerprint density at radius 1 is 0.882 bits per heavy atom. The SMILES string of the molecule is O=C(CNc1ccncc1)N1CCN(c2ccccc2-c2cnc(N3CCOCC3)nc2)CC1. The van der Waals surface area contributed by atoms with Crippen LogP contribution in [-0.2, 0) is 9.53 Å². The molecule has 0 saturated carbocycles. The van der Waals surface area contributed by atoms with Gasteiger partial charge in [-0.1, -0.05) is 18.2 Å². The summed E-state index contributed by atoms with van der Waals surface area (Å²) >= 11 is 0. The van der Waals surface area contributed by atoms with E-state index in [1.54, 1.807) is 12.4 Å². The molecule has 34 heavy (non-hydrogen) atoms. The summed E-state index contributed by atoms with van der Waals surface area (Å²) < 4.78 is 5.42. The zero-order valence-electron chi connectivity index (χ0n) is 19.1. The summed E-state index contributed by atoms with van der Waals surface area (Å²) in [4.78, 5) is 32.3. The molecule has 0 aliphatic carbocycles. The first-order chi connectivity index (χ1) is 16.8. The van der Waals surface area contributed by atoms with E-state index in [2.05, 4.69) is 48.3 Å². The van der Waals surface area contributed by atoms with Crippen LogP contribution in [-0.4, -0.2) is 84.8 Å². The molecule has 0 spiro atoms. The maximum absolute atomic E-state index is 12.7. The minimum absolute atomic E-state index is 0.108. The van der Waals surface area contributed by atoms with Gasteiger partial charge in [-0.2, -0.15) is 0 Å². The Hall–Kier alpha value is -3.72. The molecule has 2 saturated heterocycles. The lowest BCUT2D eigenvalue weighted by Crippen LogP contribution is -2.50. The second-order valence-corrected chi connectivity index (χ2v) is 8.35. The third kappa shape index (κ3) is 5.09. The van der Waals surface area contributed by atoms with Gasteiger partial charge in [-0.3, -0.25) is 9.78 Å². The van der Waals surface area contributed by atoms with Gasteiger partial charge in [0.2, 0.25) is 11.9 Å². The summed E-state index contributed by atoms with van der Waals surface area (Å²) in [6.07, 6.45) is 7.23. The predicted molar refractivity (Wildman–Crippen MR) is 132 cm³/mol. The molecule has 3 aromatic rings. The highest BCUT2D eigenvalue weighted by atomic mass is 16.5. The van der Waals surface area contributed by atoms with Crippen molar-refractivity contribution >= 4 is 23.2 Å². The average Bonchev–Trinajstić information content (AvgIpc) is 2.93. The van der Waals surface area contributed by atoms with E-state index in [0.717, 1.165) is 54.6 Å². The summed E-state index contributed by atoms with van der Waals surface area (Å²) in [6.45, 7) is 6.29. The normalized spacial score (nSPS) is 16.4. The van der Waals surface area contributed by atoms with Crippen LogP contribution >= 0.6 is 0 Å². The first-order valence-electron chi connectivity index (χ1n) is 11.7. The number of para-hydroxylation sites is 1. The van der Waals surface area contributed by atoms with Crippen LogP contribution in [0.3, 0.4) is 0 Å². The number of carbonyl (C=O) groups excluding carboxylic acids is 1. The molecular formula is C25H29N7O2. The van der Waals surface area contributed by atoms with Crippen LogP contribution in [0.1, 0.15) is 0 Å². The number of nitrogens with zero attached hydrogens (tertiary/aromatic N) is 6. The number of morpholine rings is 1. The number of nitrogens with one attached hydrogen (secondary N) is 1. The molecule has 9 nitrogen and oxygen atoms in total. The summed E-state index contributed by atoms with van der Waals surface area (Å²) in [5.41, 5.74) is 4.15. The van der Waals surface area contributed by atoms with Crippen molar-refractivity contribution in [2.45, 2.75) is 0 Å². The zero-order valence-corrected chi connectivity index (χ0v) is 19.1. The Labute approximate surface area is 199 Å². The van der Waals surface area contributed by atoms with E-state index in [-0.39, 0.29) is 12.5 Å². The van der Waals surface area contributed by atoms with Gasteiger partial charge in [0.25, 0.3) is 0 Å². The Morgan fingerprint density at radius 3 is 2.32 bits per heavy atom. The van der Waals surface area contributed by atoms with Gasteiger partial charge in [-0.05, 0) is 18.2 Å². The van der Waals surface area contributed by atoms with E-state index in [0.29, 0.717) is 26.3 Å². The largest absolute Gasteiger partial charge is 0.378 e. The van der Waals surface area contributed by atoms with Crippen LogP contribution in [0.2, 0.25) is 0 Å². The van der Waals surface area contributed by atoms with Crippen LogP contribution < -0.4 is 15.1 Å². The molecule has 2 aliphatic heterocycles. The number of piperazine rings is 1. The predicted octanol–water partition coefficient (Wildman–Crippen LogP) is 2.14. The molecular weight excluding hydrogens is 430 g/mol. The van der Waals surface area contributed by atoms with Crippen molar-refractivity contribution in [1.82, 2.24) is 19.9 Å². The topological polar surface area (TPSA) is 86.7 Å². The molecule has 2 aliphatic rings. The van der Waals surface area contributed by atoms with Gasteiger partial charge < -0.3 is 24.8 Å². The molecule has 0 radical (unpaired) electrons. The Bertz CT molecular complexity index is 1080. The fraction of sp³-hybridized carbons (Fsp3) is 0.360. The number of rotatable bonds is 6. The maximum Gasteiger partial charge on any atom is 0.241 e. The number of pyridine rings is 1. The van der Waals surface area contributed by atoms with Gasteiger partial charge in [-0.25, -0.2) is 9.97 Å². The van der Waals surface area contributed by atoms with E-state index < -0.39 is 0 Å². The highest BCUT2D eigenvalue weighted by Crippen LogP contribution is 2.31. The summed E-state index contributed by atoms with van der Waals surface area (Å²) in [6, 6.07) is 12.1. The highest BCUT2D eigenvalue weighted by molar-refractivity contribution is 5.82. The number of hydrogen-bond acceptors (Lipinski definition) is 8. The van der Waals surface area contributed by atoms with Crippen molar-refractivity contribution in [1.29, 1.82) is 0 Å². The molecule has 0 bridgehead atoms. The number of amides is 1. The lowest BCUT2D eigenvalue weighted by molar-refractivity contribution is -0.129. The molecule has 0 unspecified atom stereocenters. The molecule has 1 amide bonds. The van der Waals surface area contributed by atoms with Crippen LogP contribution in [0, 0.1) is 0 Å². The van der Waals surface area contributed by atoms with Gasteiger partial charge >= 0.3 is 0 Å². The third-order valence-electron chi connectivity index (χ3n) is 6.24. The lowest BCUT2D eigenvalue weighted by Gasteiger charge is -2.37. The van der Waals surface area contributed by atoms with E-state index in [4.69, 9.17) is 4.74 Å². The van der Waals surface area contributed by atoms with E-state index in [9.17, 15) is 4.79 Å². The van der Waals surface area contributed by atoms with Crippen molar-refractivity contribution < 1.29 is 9.53 Å². The quantitative estimate of drug-likeness (QED) is 0.600. The third-order valence-corrected chi connectivity index (χ3v) is 6.24. The van der Waals surface area contributed by atoms with E-state index in [1.807, 2.05) is 35.5 Å². The molecule has 1 N–H and O–H groups in total. The van der Waals surface area contributed by atoms with Gasteiger partial charge in [0.15, 0.2) is 0 Å². The molecule has 5 rings (SSSR count). The second-order valence-electron chi connectivity index (χ2n) is 8.35. The van der Waals surface area contributed by atoms with Gasteiger partial charge in [0, 0.05) is 86.6 Å². The minimum Gasteiger partial charge on any atom is -0.378 e. The highest BCUT2D eigenvalue weighted by Gasteiger charge is 2.23. The zero-order chi connectivity index (χ0) is 23.2. The summed E-state index contributed by atoms with van der Waals surface area (Å²) in [5, 5.41) is 3.17. The van der Waals surface area contributed by atoms with Crippen molar-refractivity contribution in [2.75, 3.05) is 74.1 Å². The maximum atomic E-state index is 12.7. The van der Waals surface area contributed by atoms with Gasteiger partial charge in [0.1, 0.15) is 0 Å². The molecule has 2 aromatic heterocycles. The Kier molecular flexibility index (Phi) is 6.81. The molecule has 176 valence electrons. The second kappa shape index (κ2) is 10.5. The van der Waals surface area contributed by atoms with Crippen molar-refractivity contribution in [3.05, 3.63) is 61.2 Å². The number of ether oxygens (including phenoxy) is 1. The average molecular weight is 460 g/mol. The summed E-state index contributed by atoms with van der Waals surface area (Å²) in [5.74, 6) is 0.855. The number of hydrogen-bond donors (Lipinski definition) is 1. The van der Waals surface area contributed by atoms with Crippen LogP contribution in [0.25, 0.3) is 11.1 Å². The minimum atomic E-state index is 0.108. The van der Waals surface area contributed by atoms with Gasteiger partial charge in [-0.15, -0.1) is 0 Å². The van der Waals surface area contributed by atoms with Gasteiger partial charge in [0.05, 0.1) is 19.8 Å². The Balaban J connectivity index is 1.21. The number of carbonyl (C=O) groups is 1. The fourth-order valence-electron chi connectivity index (χ4n) is 4.34. The van der Waals surface area contributed by atoms with Crippen molar-refractivity contribution in [2.24, 2.45) is 0 Å². The molecule has 4 heterocycles. The monoisotopic (exact) mass is 459 g/mol. The first kappa shape index (κ1) is 22.1. The van der Waals surface area contributed by atoms with Crippen LogP contribution in [0.15, 0.2) is 61.2 Å². The number of anilines is 3. The van der Waals surface area contributed by atoms with E-state index >= 15 is 0 Å². The van der Waals surface area contributed by atoms with E-state index in [1.165, 1.54) is 0 Å². The summed E-state index contributed by atoms with van der Waals surface area (Å²) in [7, 11) is 0. The number of aromatic nitrogens is 3. The lowest BCUT2D eigenvalue weighted by atomic mass is 10.1. The molecule has 0 atom stereocenters. The molecule has 1 aromatic carbocycles. The first-order valence-corrected chi connectivity index (χ1v) is 11.7. The standard InChI is InChI=1S/C25H29N7O2/c33-24(19-27-21-5-7-26-8-6-21)31-11-9-30(10-12-31)23-4-2-1-3-22(23)20-17-28-25(29-18-20)32-13-15-34-16-14-32/h1-8,17-18H,9-16,19H2,(H,26,27). The molecule has 2 fully saturated rings. The smallest absolute Gasteiger partial charge is 0.241 e. The van der Waals surface area contributed by atoms with Crippen molar-refractivity contribution in [3.63, 3.8) is 0 Å². The van der Waals surface area contributed by atoms with Crippen molar-refractivity contribution in [3.8, 4) is 11.1 Å². The fourth-order valence-corrected chi connectivity index (χ4v) is 4.34. The molecule has 9 heteroatoms.